The van der Waals surface area contributed by atoms with Crippen LogP contribution in [0, 0.1) is 11.7 Å². The summed E-state index contributed by atoms with van der Waals surface area (Å²) in [6.07, 6.45) is 0.171. The molecule has 5 nitrogen and oxygen atoms in total. The molecule has 0 saturated carbocycles. The standard InChI is InChI=1S/C13H16FNO4/c1-8(7-19-2)5-12(16)15-11-6-9(13(17)18)3-4-10(11)14/h3-4,6,8H,5,7H2,1-2H3,(H,15,16)(H,17,18). The first-order chi connectivity index (χ1) is 8.93. The van der Waals surface area contributed by atoms with E-state index >= 15 is 0 Å². The Hall–Kier alpha value is -1.95. The van der Waals surface area contributed by atoms with Crippen molar-refractivity contribution in [3.05, 3.63) is 29.6 Å². The lowest BCUT2D eigenvalue weighted by Gasteiger charge is -2.11. The van der Waals surface area contributed by atoms with E-state index < -0.39 is 11.8 Å². The van der Waals surface area contributed by atoms with Crippen LogP contribution in [0.5, 0.6) is 0 Å². The van der Waals surface area contributed by atoms with E-state index in [-0.39, 0.29) is 29.5 Å². The fraction of sp³-hybridized carbons (Fsp3) is 0.385. The molecule has 1 amide bonds. The number of hydrogen-bond acceptors (Lipinski definition) is 3. The van der Waals surface area contributed by atoms with E-state index in [1.165, 1.54) is 7.11 Å². The van der Waals surface area contributed by atoms with Gasteiger partial charge in [0.2, 0.25) is 5.91 Å². The van der Waals surface area contributed by atoms with Gasteiger partial charge < -0.3 is 15.2 Å². The van der Waals surface area contributed by atoms with Crippen molar-refractivity contribution < 1.29 is 23.8 Å². The van der Waals surface area contributed by atoms with Gasteiger partial charge in [0.25, 0.3) is 0 Å². The number of halogens is 1. The van der Waals surface area contributed by atoms with Crippen LogP contribution < -0.4 is 5.32 Å². The summed E-state index contributed by atoms with van der Waals surface area (Å²) < 4.78 is 18.3. The van der Waals surface area contributed by atoms with Crippen molar-refractivity contribution in [2.75, 3.05) is 19.0 Å². The van der Waals surface area contributed by atoms with Gasteiger partial charge in [-0.3, -0.25) is 4.79 Å². The average molecular weight is 269 g/mol. The number of carboxylic acid groups (broad SMARTS) is 1. The van der Waals surface area contributed by atoms with Crippen LogP contribution in [0.15, 0.2) is 18.2 Å². The molecular formula is C13H16FNO4. The van der Waals surface area contributed by atoms with Gasteiger partial charge in [-0.25, -0.2) is 9.18 Å². The van der Waals surface area contributed by atoms with Gasteiger partial charge >= 0.3 is 5.97 Å². The highest BCUT2D eigenvalue weighted by Gasteiger charge is 2.13. The third-order valence-corrected chi connectivity index (χ3v) is 2.47. The summed E-state index contributed by atoms with van der Waals surface area (Å²) in [5, 5.41) is 11.2. The van der Waals surface area contributed by atoms with Gasteiger partial charge in [0.15, 0.2) is 0 Å². The second-order valence-corrected chi connectivity index (χ2v) is 4.31. The average Bonchev–Trinajstić information content (AvgIpc) is 2.31. The zero-order valence-electron chi connectivity index (χ0n) is 10.8. The van der Waals surface area contributed by atoms with Crippen LogP contribution in [-0.4, -0.2) is 30.7 Å². The Kier molecular flexibility index (Phi) is 5.44. The Bertz CT molecular complexity index is 476. The molecule has 19 heavy (non-hydrogen) atoms. The zero-order chi connectivity index (χ0) is 14.4. The maximum absolute atomic E-state index is 13.4. The lowest BCUT2D eigenvalue weighted by Crippen LogP contribution is -2.18. The number of amides is 1. The minimum absolute atomic E-state index is 0.00397. The van der Waals surface area contributed by atoms with E-state index in [1.54, 1.807) is 0 Å². The number of nitrogens with one attached hydrogen (secondary N) is 1. The van der Waals surface area contributed by atoms with Crippen molar-refractivity contribution in [2.24, 2.45) is 5.92 Å². The molecule has 0 aliphatic carbocycles. The van der Waals surface area contributed by atoms with Crippen LogP contribution >= 0.6 is 0 Å². The fourth-order valence-corrected chi connectivity index (χ4v) is 1.62. The first kappa shape index (κ1) is 15.1. The van der Waals surface area contributed by atoms with E-state index in [0.717, 1.165) is 18.2 Å². The van der Waals surface area contributed by atoms with Gasteiger partial charge in [-0.05, 0) is 24.1 Å². The molecule has 104 valence electrons. The summed E-state index contributed by atoms with van der Waals surface area (Å²) in [4.78, 5) is 22.4. The van der Waals surface area contributed by atoms with E-state index in [2.05, 4.69) is 5.32 Å². The van der Waals surface area contributed by atoms with E-state index in [0.29, 0.717) is 6.61 Å². The van der Waals surface area contributed by atoms with Gasteiger partial charge in [-0.1, -0.05) is 6.92 Å². The fourth-order valence-electron chi connectivity index (χ4n) is 1.62. The molecule has 0 fully saturated rings. The molecule has 6 heteroatoms. The molecule has 1 aromatic carbocycles. The van der Waals surface area contributed by atoms with Crippen LogP contribution in [0.4, 0.5) is 10.1 Å². The molecule has 1 atom stereocenters. The van der Waals surface area contributed by atoms with Crippen molar-refractivity contribution >= 4 is 17.6 Å². The largest absolute Gasteiger partial charge is 0.478 e. The molecule has 0 heterocycles. The maximum Gasteiger partial charge on any atom is 0.335 e. The van der Waals surface area contributed by atoms with Crippen molar-refractivity contribution in [3.63, 3.8) is 0 Å². The Morgan fingerprint density at radius 2 is 2.16 bits per heavy atom. The number of carboxylic acids is 1. The molecular weight excluding hydrogens is 253 g/mol. The second kappa shape index (κ2) is 6.84. The molecule has 0 aromatic heterocycles. The summed E-state index contributed by atoms with van der Waals surface area (Å²) in [5.74, 6) is -2.23. The number of aromatic carboxylic acids is 1. The Balaban J connectivity index is 2.73. The number of hydrogen-bond donors (Lipinski definition) is 2. The number of ether oxygens (including phenoxy) is 1. The second-order valence-electron chi connectivity index (χ2n) is 4.31. The highest BCUT2D eigenvalue weighted by atomic mass is 19.1. The van der Waals surface area contributed by atoms with Gasteiger partial charge in [0.1, 0.15) is 5.82 Å². The number of rotatable bonds is 6. The maximum atomic E-state index is 13.4. The highest BCUT2D eigenvalue weighted by molar-refractivity contribution is 5.94. The number of carbonyl (C=O) groups excluding carboxylic acids is 1. The zero-order valence-corrected chi connectivity index (χ0v) is 10.8. The molecule has 1 aromatic rings. The molecule has 0 aliphatic heterocycles. The molecule has 1 unspecified atom stereocenters. The first-order valence-electron chi connectivity index (χ1n) is 5.75. The molecule has 0 radical (unpaired) electrons. The van der Waals surface area contributed by atoms with Crippen LogP contribution in [0.3, 0.4) is 0 Å². The van der Waals surface area contributed by atoms with Crippen LogP contribution in [0.1, 0.15) is 23.7 Å². The number of carbonyl (C=O) groups is 2. The van der Waals surface area contributed by atoms with Gasteiger partial charge in [-0.15, -0.1) is 0 Å². The topological polar surface area (TPSA) is 75.6 Å². The molecule has 0 bridgehead atoms. The summed E-state index contributed by atoms with van der Waals surface area (Å²) in [6, 6.07) is 3.25. The van der Waals surface area contributed by atoms with Crippen molar-refractivity contribution in [2.45, 2.75) is 13.3 Å². The molecule has 1 rings (SSSR count). The van der Waals surface area contributed by atoms with E-state index in [4.69, 9.17) is 9.84 Å². The normalized spacial score (nSPS) is 11.9. The number of methoxy groups -OCH3 is 1. The minimum atomic E-state index is -1.18. The Morgan fingerprint density at radius 3 is 2.74 bits per heavy atom. The summed E-state index contributed by atoms with van der Waals surface area (Å²) in [5.41, 5.74) is -0.212. The smallest absolute Gasteiger partial charge is 0.335 e. The third kappa shape index (κ3) is 4.67. The van der Waals surface area contributed by atoms with Gasteiger partial charge in [-0.2, -0.15) is 0 Å². The molecule has 0 saturated heterocycles. The number of anilines is 1. The summed E-state index contributed by atoms with van der Waals surface area (Å²) in [6.45, 7) is 2.25. The lowest BCUT2D eigenvalue weighted by molar-refractivity contribution is -0.117. The number of benzene rings is 1. The predicted octanol–water partition coefficient (Wildman–Crippen LogP) is 2.14. The van der Waals surface area contributed by atoms with Gasteiger partial charge in [0.05, 0.1) is 11.3 Å². The summed E-state index contributed by atoms with van der Waals surface area (Å²) in [7, 11) is 1.53. The van der Waals surface area contributed by atoms with Crippen LogP contribution in [-0.2, 0) is 9.53 Å². The quantitative estimate of drug-likeness (QED) is 0.829. The van der Waals surface area contributed by atoms with Crippen LogP contribution in [0.25, 0.3) is 0 Å². The van der Waals surface area contributed by atoms with Crippen molar-refractivity contribution in [3.8, 4) is 0 Å². The highest BCUT2D eigenvalue weighted by Crippen LogP contribution is 2.17. The predicted molar refractivity (Wildman–Crippen MR) is 67.6 cm³/mol. The van der Waals surface area contributed by atoms with Crippen molar-refractivity contribution in [1.82, 2.24) is 0 Å². The molecule has 0 aliphatic rings. The van der Waals surface area contributed by atoms with Crippen molar-refractivity contribution in [1.29, 1.82) is 0 Å². The monoisotopic (exact) mass is 269 g/mol. The minimum Gasteiger partial charge on any atom is -0.478 e. The SMILES string of the molecule is COCC(C)CC(=O)Nc1cc(C(=O)O)ccc1F. The third-order valence-electron chi connectivity index (χ3n) is 2.47. The Labute approximate surface area is 110 Å². The lowest BCUT2D eigenvalue weighted by atomic mass is 10.1. The van der Waals surface area contributed by atoms with Crippen LogP contribution in [0.2, 0.25) is 0 Å². The Morgan fingerprint density at radius 1 is 1.47 bits per heavy atom. The summed E-state index contributed by atoms with van der Waals surface area (Å²) >= 11 is 0. The van der Waals surface area contributed by atoms with E-state index in [9.17, 15) is 14.0 Å². The van der Waals surface area contributed by atoms with Gasteiger partial charge in [0, 0.05) is 20.1 Å². The molecule has 0 spiro atoms. The first-order valence-corrected chi connectivity index (χ1v) is 5.75. The molecule has 2 N–H and O–H groups in total. The van der Waals surface area contributed by atoms with E-state index in [1.807, 2.05) is 6.92 Å².